The van der Waals surface area contributed by atoms with Gasteiger partial charge in [0.2, 0.25) is 0 Å². The minimum absolute atomic E-state index is 0.0459. The van der Waals surface area contributed by atoms with E-state index in [0.717, 1.165) is 12.8 Å². The Balaban J connectivity index is 1.45. The standard InChI is InChI=1S/C32H30O6/c1-2-5-30(24-10-14-26(15-11-24)37-28-8-3-6-22(18-28)20-31(33)34)25-12-16-27(17-13-25)38-29-9-4-7-23(19-29)21-32(35)36/h3-4,6-19,30H,2,5,20-21H2,1H3,(H,33,34)(H,35,36). The number of rotatable bonds is 12. The maximum atomic E-state index is 11.0. The monoisotopic (exact) mass is 510 g/mol. The number of carboxylic acids is 2. The zero-order chi connectivity index (χ0) is 26.9. The Bertz CT molecular complexity index is 1270. The van der Waals surface area contributed by atoms with E-state index in [9.17, 15) is 9.59 Å². The highest BCUT2D eigenvalue weighted by atomic mass is 16.5. The lowest BCUT2D eigenvalue weighted by Crippen LogP contribution is -2.01. The van der Waals surface area contributed by atoms with Crippen LogP contribution in [-0.2, 0) is 22.4 Å². The molecule has 4 aromatic rings. The van der Waals surface area contributed by atoms with Crippen molar-refractivity contribution >= 4 is 11.9 Å². The molecule has 38 heavy (non-hydrogen) atoms. The number of hydrogen-bond acceptors (Lipinski definition) is 4. The highest BCUT2D eigenvalue weighted by Crippen LogP contribution is 2.33. The first-order chi connectivity index (χ1) is 18.4. The van der Waals surface area contributed by atoms with E-state index in [1.165, 1.54) is 11.1 Å². The zero-order valence-corrected chi connectivity index (χ0v) is 21.2. The molecule has 0 atom stereocenters. The third-order valence-electron chi connectivity index (χ3n) is 6.12. The molecule has 0 saturated carbocycles. The molecule has 0 bridgehead atoms. The molecule has 6 nitrogen and oxygen atoms in total. The van der Waals surface area contributed by atoms with Crippen molar-refractivity contribution in [2.75, 3.05) is 0 Å². The van der Waals surface area contributed by atoms with Crippen LogP contribution in [0.5, 0.6) is 23.0 Å². The van der Waals surface area contributed by atoms with Gasteiger partial charge in [0.05, 0.1) is 12.8 Å². The molecule has 0 unspecified atom stereocenters. The Morgan fingerprint density at radius 1 is 0.632 bits per heavy atom. The summed E-state index contributed by atoms with van der Waals surface area (Å²) < 4.78 is 11.9. The summed E-state index contributed by atoms with van der Waals surface area (Å²) in [5, 5.41) is 18.0. The van der Waals surface area contributed by atoms with Gasteiger partial charge in [-0.3, -0.25) is 9.59 Å². The van der Waals surface area contributed by atoms with Crippen LogP contribution < -0.4 is 9.47 Å². The van der Waals surface area contributed by atoms with E-state index in [1.807, 2.05) is 36.4 Å². The molecule has 0 heterocycles. The van der Waals surface area contributed by atoms with Crippen LogP contribution in [0.4, 0.5) is 0 Å². The third kappa shape index (κ3) is 7.46. The van der Waals surface area contributed by atoms with Crippen molar-refractivity contribution < 1.29 is 29.3 Å². The minimum Gasteiger partial charge on any atom is -0.481 e. The molecule has 0 spiro atoms. The van der Waals surface area contributed by atoms with Crippen LogP contribution in [0.15, 0.2) is 97.1 Å². The van der Waals surface area contributed by atoms with Crippen molar-refractivity contribution in [3.63, 3.8) is 0 Å². The van der Waals surface area contributed by atoms with E-state index in [2.05, 4.69) is 31.2 Å². The fourth-order valence-electron chi connectivity index (χ4n) is 4.41. The van der Waals surface area contributed by atoms with Crippen LogP contribution >= 0.6 is 0 Å². The fraction of sp³-hybridized carbons (Fsp3) is 0.188. The maximum Gasteiger partial charge on any atom is 0.307 e. The number of carbonyl (C=O) groups is 2. The van der Waals surface area contributed by atoms with Crippen LogP contribution in [0.1, 0.15) is 47.9 Å². The van der Waals surface area contributed by atoms with E-state index in [0.29, 0.717) is 34.1 Å². The second-order valence-corrected chi connectivity index (χ2v) is 9.12. The normalized spacial score (nSPS) is 10.8. The summed E-state index contributed by atoms with van der Waals surface area (Å²) in [6.07, 6.45) is 1.91. The zero-order valence-electron chi connectivity index (χ0n) is 21.2. The van der Waals surface area contributed by atoms with Crippen LogP contribution in [0, 0.1) is 0 Å². The van der Waals surface area contributed by atoms with E-state index >= 15 is 0 Å². The second kappa shape index (κ2) is 12.6. The number of carboxylic acid groups (broad SMARTS) is 2. The van der Waals surface area contributed by atoms with E-state index < -0.39 is 11.9 Å². The number of benzene rings is 4. The average molecular weight is 511 g/mol. The molecule has 0 aliphatic carbocycles. The third-order valence-corrected chi connectivity index (χ3v) is 6.12. The summed E-state index contributed by atoms with van der Waals surface area (Å²) in [4.78, 5) is 22.0. The van der Waals surface area contributed by atoms with Crippen molar-refractivity contribution in [3.05, 3.63) is 119 Å². The Labute approximate surface area is 222 Å². The van der Waals surface area contributed by atoms with Crippen LogP contribution in [0.2, 0.25) is 0 Å². The topological polar surface area (TPSA) is 93.1 Å². The number of ether oxygens (including phenoxy) is 2. The van der Waals surface area contributed by atoms with Crippen molar-refractivity contribution in [1.82, 2.24) is 0 Å². The predicted molar refractivity (Wildman–Crippen MR) is 145 cm³/mol. The molecule has 194 valence electrons. The lowest BCUT2D eigenvalue weighted by atomic mass is 9.87. The quantitative estimate of drug-likeness (QED) is 0.205. The Morgan fingerprint density at radius 3 is 1.42 bits per heavy atom. The molecule has 0 fully saturated rings. The molecule has 2 N–H and O–H groups in total. The molecule has 0 amide bonds. The van der Waals surface area contributed by atoms with Crippen molar-refractivity contribution in [2.45, 2.75) is 38.5 Å². The molecule has 0 aliphatic rings. The van der Waals surface area contributed by atoms with Crippen molar-refractivity contribution in [1.29, 1.82) is 0 Å². The van der Waals surface area contributed by atoms with E-state index in [-0.39, 0.29) is 18.8 Å². The molecule has 0 aliphatic heterocycles. The summed E-state index contributed by atoms with van der Waals surface area (Å²) >= 11 is 0. The lowest BCUT2D eigenvalue weighted by Gasteiger charge is -2.18. The first kappa shape index (κ1) is 26.5. The number of aliphatic carboxylic acids is 2. The molecule has 6 heteroatoms. The summed E-state index contributed by atoms with van der Waals surface area (Å²) in [5.74, 6) is 1.03. The predicted octanol–water partition coefficient (Wildman–Crippen LogP) is 7.46. The SMILES string of the molecule is CCCC(c1ccc(Oc2cccc(CC(=O)O)c2)cc1)c1ccc(Oc2cccc(CC(=O)O)c2)cc1. The van der Waals surface area contributed by atoms with Gasteiger partial charge >= 0.3 is 11.9 Å². The van der Waals surface area contributed by atoms with Crippen molar-refractivity contribution in [2.24, 2.45) is 0 Å². The maximum absolute atomic E-state index is 11.0. The average Bonchev–Trinajstić information content (AvgIpc) is 2.88. The highest BCUT2D eigenvalue weighted by Gasteiger charge is 2.14. The van der Waals surface area contributed by atoms with Gasteiger partial charge in [-0.1, -0.05) is 61.9 Å². The van der Waals surface area contributed by atoms with Crippen LogP contribution in [-0.4, -0.2) is 22.2 Å². The van der Waals surface area contributed by atoms with Gasteiger partial charge in [-0.25, -0.2) is 0 Å². The summed E-state index contributed by atoms with van der Waals surface area (Å²) in [6.45, 7) is 2.16. The van der Waals surface area contributed by atoms with Gasteiger partial charge in [0.15, 0.2) is 0 Å². The molecule has 0 radical (unpaired) electrons. The summed E-state index contributed by atoms with van der Waals surface area (Å²) in [7, 11) is 0. The highest BCUT2D eigenvalue weighted by molar-refractivity contribution is 5.70. The fourth-order valence-corrected chi connectivity index (χ4v) is 4.41. The van der Waals surface area contributed by atoms with Gasteiger partial charge in [-0.2, -0.15) is 0 Å². The molecular formula is C32H30O6. The largest absolute Gasteiger partial charge is 0.481 e. The second-order valence-electron chi connectivity index (χ2n) is 9.12. The number of hydrogen-bond donors (Lipinski definition) is 2. The first-order valence-electron chi connectivity index (χ1n) is 12.6. The first-order valence-corrected chi connectivity index (χ1v) is 12.6. The molecule has 4 aromatic carbocycles. The lowest BCUT2D eigenvalue weighted by molar-refractivity contribution is -0.137. The van der Waals surface area contributed by atoms with E-state index in [1.54, 1.807) is 36.4 Å². The van der Waals surface area contributed by atoms with Crippen LogP contribution in [0.25, 0.3) is 0 Å². The van der Waals surface area contributed by atoms with E-state index in [4.69, 9.17) is 19.7 Å². The van der Waals surface area contributed by atoms with Crippen molar-refractivity contribution in [3.8, 4) is 23.0 Å². The smallest absolute Gasteiger partial charge is 0.307 e. The molecular weight excluding hydrogens is 480 g/mol. The molecule has 0 aromatic heterocycles. The van der Waals surface area contributed by atoms with Crippen LogP contribution in [0.3, 0.4) is 0 Å². The minimum atomic E-state index is -0.877. The molecule has 4 rings (SSSR count). The summed E-state index contributed by atoms with van der Waals surface area (Å²) in [6, 6.07) is 30.2. The summed E-state index contributed by atoms with van der Waals surface area (Å²) in [5.41, 5.74) is 3.73. The Hall–Kier alpha value is -4.58. The van der Waals surface area contributed by atoms with Gasteiger partial charge in [0, 0.05) is 5.92 Å². The molecule has 0 saturated heterocycles. The van der Waals surface area contributed by atoms with Gasteiger partial charge in [0.1, 0.15) is 23.0 Å². The van der Waals surface area contributed by atoms with Gasteiger partial charge in [0.25, 0.3) is 0 Å². The Morgan fingerprint density at radius 2 is 1.05 bits per heavy atom. The van der Waals surface area contributed by atoms with Gasteiger partial charge in [-0.15, -0.1) is 0 Å². The van der Waals surface area contributed by atoms with Gasteiger partial charge in [-0.05, 0) is 77.2 Å². The Kier molecular flexibility index (Phi) is 8.77. The van der Waals surface area contributed by atoms with Gasteiger partial charge < -0.3 is 19.7 Å².